The predicted molar refractivity (Wildman–Crippen MR) is 58.5 cm³/mol. The van der Waals surface area contributed by atoms with Gasteiger partial charge in [0.05, 0.1) is 17.7 Å². The molecule has 0 saturated heterocycles. The summed E-state index contributed by atoms with van der Waals surface area (Å²) in [6.07, 6.45) is -8.66. The van der Waals surface area contributed by atoms with E-state index in [-0.39, 0.29) is 12.8 Å². The molecule has 0 aliphatic rings. The summed E-state index contributed by atoms with van der Waals surface area (Å²) in [4.78, 5) is 23.9. The van der Waals surface area contributed by atoms with Crippen LogP contribution in [0.3, 0.4) is 0 Å². The third kappa shape index (κ3) is 3.99. The second-order valence-corrected chi connectivity index (χ2v) is 3.56. The number of hydrogen-bond acceptors (Lipinski definition) is 6. The van der Waals surface area contributed by atoms with Crippen LogP contribution in [0.1, 0.15) is 29.4 Å². The van der Waals surface area contributed by atoms with Crippen molar-refractivity contribution in [3.8, 4) is 5.75 Å². The van der Waals surface area contributed by atoms with Crippen molar-refractivity contribution >= 4 is 11.7 Å². The minimum atomic E-state index is -5.32. The first-order chi connectivity index (χ1) is 10.1. The Labute approximate surface area is 118 Å². The number of pyridine rings is 1. The van der Waals surface area contributed by atoms with Gasteiger partial charge in [0.25, 0.3) is 6.43 Å². The lowest BCUT2D eigenvalue weighted by molar-refractivity contribution is -0.387. The molecule has 0 amide bonds. The standard InChI is InChI=1S/C10H7F5N2O5/c1-2-21-9(18)5-4(22-10(13,14)15)3-16-6(8(11)12)7(5)17(19)20/h3,8H,2H2,1H3. The van der Waals surface area contributed by atoms with E-state index in [4.69, 9.17) is 0 Å². The molecule has 0 spiro atoms. The molecule has 0 aliphatic heterocycles. The Kier molecular flexibility index (Phi) is 5.17. The number of ether oxygens (including phenoxy) is 2. The molecule has 0 bridgehead atoms. The number of nitrogens with zero attached hydrogens (tertiary/aromatic N) is 2. The average Bonchev–Trinajstić information content (AvgIpc) is 2.35. The highest BCUT2D eigenvalue weighted by atomic mass is 19.4. The number of nitro groups is 1. The van der Waals surface area contributed by atoms with E-state index >= 15 is 0 Å². The van der Waals surface area contributed by atoms with E-state index in [0.717, 1.165) is 0 Å². The molecule has 22 heavy (non-hydrogen) atoms. The zero-order valence-electron chi connectivity index (χ0n) is 10.7. The largest absolute Gasteiger partial charge is 0.573 e. The van der Waals surface area contributed by atoms with E-state index in [1.165, 1.54) is 6.92 Å². The topological polar surface area (TPSA) is 91.6 Å². The maximum absolute atomic E-state index is 12.7. The summed E-state index contributed by atoms with van der Waals surface area (Å²) in [7, 11) is 0. The maximum Gasteiger partial charge on any atom is 0.573 e. The number of aromatic nitrogens is 1. The second-order valence-electron chi connectivity index (χ2n) is 3.56. The molecule has 0 radical (unpaired) electrons. The minimum absolute atomic E-state index is 0.147. The molecule has 1 heterocycles. The Balaban J connectivity index is 3.62. The van der Waals surface area contributed by atoms with Gasteiger partial charge in [-0.2, -0.15) is 0 Å². The molecule has 0 N–H and O–H groups in total. The van der Waals surface area contributed by atoms with Crippen LogP contribution in [-0.2, 0) is 4.74 Å². The van der Waals surface area contributed by atoms with Gasteiger partial charge in [0.1, 0.15) is 0 Å². The molecule has 7 nitrogen and oxygen atoms in total. The molecule has 0 fully saturated rings. The molecule has 0 saturated carbocycles. The van der Waals surface area contributed by atoms with Gasteiger partial charge in [0, 0.05) is 0 Å². The lowest BCUT2D eigenvalue weighted by Gasteiger charge is -2.13. The highest BCUT2D eigenvalue weighted by Gasteiger charge is 2.39. The first-order valence-electron chi connectivity index (χ1n) is 5.46. The zero-order chi connectivity index (χ0) is 17.1. The van der Waals surface area contributed by atoms with E-state index in [2.05, 4.69) is 14.5 Å². The number of carbonyl (C=O) groups excluding carboxylic acids is 1. The SMILES string of the molecule is CCOC(=O)c1c(OC(F)(F)F)cnc(C(F)F)c1[N+](=O)[O-]. The predicted octanol–water partition coefficient (Wildman–Crippen LogP) is 3.00. The quantitative estimate of drug-likeness (QED) is 0.357. The summed E-state index contributed by atoms with van der Waals surface area (Å²) in [5, 5.41) is 10.9. The Bertz CT molecular complexity index is 590. The summed E-state index contributed by atoms with van der Waals surface area (Å²) < 4.78 is 69.9. The summed E-state index contributed by atoms with van der Waals surface area (Å²) in [5.74, 6) is -3.01. The summed E-state index contributed by atoms with van der Waals surface area (Å²) in [5.41, 5.74) is -4.45. The van der Waals surface area contributed by atoms with Crippen molar-refractivity contribution in [1.82, 2.24) is 4.98 Å². The fourth-order valence-corrected chi connectivity index (χ4v) is 1.45. The van der Waals surface area contributed by atoms with E-state index in [1.54, 1.807) is 0 Å². The van der Waals surface area contributed by atoms with Gasteiger partial charge in [-0.3, -0.25) is 10.1 Å². The maximum atomic E-state index is 12.7. The van der Waals surface area contributed by atoms with Gasteiger partial charge >= 0.3 is 18.0 Å². The first-order valence-corrected chi connectivity index (χ1v) is 5.46. The first kappa shape index (κ1) is 17.5. The van der Waals surface area contributed by atoms with Crippen molar-refractivity contribution in [2.75, 3.05) is 6.61 Å². The van der Waals surface area contributed by atoms with Crippen molar-refractivity contribution in [2.24, 2.45) is 0 Å². The number of esters is 1. The van der Waals surface area contributed by atoms with Gasteiger partial charge in [-0.05, 0) is 6.92 Å². The number of hydrogen-bond donors (Lipinski definition) is 0. The third-order valence-electron chi connectivity index (χ3n) is 2.14. The normalized spacial score (nSPS) is 11.4. The van der Waals surface area contributed by atoms with Gasteiger partial charge in [-0.15, -0.1) is 13.2 Å². The van der Waals surface area contributed by atoms with E-state index in [9.17, 15) is 36.9 Å². The summed E-state index contributed by atoms with van der Waals surface area (Å²) >= 11 is 0. The number of rotatable bonds is 5. The van der Waals surface area contributed by atoms with Crippen LogP contribution in [-0.4, -0.2) is 28.8 Å². The fourth-order valence-electron chi connectivity index (χ4n) is 1.45. The number of alkyl halides is 5. The smallest absolute Gasteiger partial charge is 0.462 e. The van der Waals surface area contributed by atoms with Gasteiger partial charge < -0.3 is 9.47 Å². The van der Waals surface area contributed by atoms with Crippen LogP contribution in [0.15, 0.2) is 6.20 Å². The fraction of sp³-hybridized carbons (Fsp3) is 0.400. The van der Waals surface area contributed by atoms with Crippen LogP contribution in [0.25, 0.3) is 0 Å². The summed E-state index contributed by atoms with van der Waals surface area (Å²) in [6, 6.07) is 0. The lowest BCUT2D eigenvalue weighted by atomic mass is 10.1. The molecule has 1 aromatic rings. The molecule has 0 atom stereocenters. The average molecular weight is 330 g/mol. The van der Waals surface area contributed by atoms with Gasteiger partial charge in [-0.1, -0.05) is 0 Å². The zero-order valence-corrected chi connectivity index (χ0v) is 10.7. The Morgan fingerprint density at radius 1 is 1.45 bits per heavy atom. The molecule has 122 valence electrons. The van der Waals surface area contributed by atoms with Gasteiger partial charge in [0.2, 0.25) is 0 Å². The van der Waals surface area contributed by atoms with Crippen molar-refractivity contribution in [1.29, 1.82) is 0 Å². The Morgan fingerprint density at radius 2 is 2.05 bits per heavy atom. The molecule has 12 heteroatoms. The van der Waals surface area contributed by atoms with Crippen molar-refractivity contribution in [3.63, 3.8) is 0 Å². The lowest BCUT2D eigenvalue weighted by Crippen LogP contribution is -2.21. The van der Waals surface area contributed by atoms with Crippen molar-refractivity contribution in [2.45, 2.75) is 19.7 Å². The number of halogens is 5. The van der Waals surface area contributed by atoms with Crippen molar-refractivity contribution in [3.05, 3.63) is 27.6 Å². The molecule has 0 aromatic carbocycles. The molecule has 1 aromatic heterocycles. The third-order valence-corrected chi connectivity index (χ3v) is 2.14. The van der Waals surface area contributed by atoms with Crippen LogP contribution < -0.4 is 4.74 Å². The number of carbonyl (C=O) groups is 1. The van der Waals surface area contributed by atoms with Gasteiger partial charge in [0.15, 0.2) is 17.0 Å². The second kappa shape index (κ2) is 6.49. The minimum Gasteiger partial charge on any atom is -0.462 e. The van der Waals surface area contributed by atoms with Crippen molar-refractivity contribution < 1.29 is 41.1 Å². The van der Waals surface area contributed by atoms with Crippen LogP contribution >= 0.6 is 0 Å². The Hall–Kier alpha value is -2.53. The van der Waals surface area contributed by atoms with Crippen LogP contribution in [0.5, 0.6) is 5.75 Å². The Morgan fingerprint density at radius 3 is 2.45 bits per heavy atom. The molecular weight excluding hydrogens is 323 g/mol. The highest BCUT2D eigenvalue weighted by Crippen LogP contribution is 2.37. The van der Waals surface area contributed by atoms with Crippen LogP contribution in [0.4, 0.5) is 27.6 Å². The summed E-state index contributed by atoms with van der Waals surface area (Å²) in [6.45, 7) is 0.914. The molecule has 1 rings (SSSR count). The van der Waals surface area contributed by atoms with Gasteiger partial charge in [-0.25, -0.2) is 18.6 Å². The monoisotopic (exact) mass is 330 g/mol. The van der Waals surface area contributed by atoms with E-state index in [0.29, 0.717) is 0 Å². The van der Waals surface area contributed by atoms with Crippen LogP contribution in [0.2, 0.25) is 0 Å². The molecular formula is C10H7F5N2O5. The van der Waals surface area contributed by atoms with E-state index in [1.807, 2.05) is 0 Å². The highest BCUT2D eigenvalue weighted by molar-refractivity contribution is 5.97. The van der Waals surface area contributed by atoms with Crippen LogP contribution in [0, 0.1) is 10.1 Å². The molecule has 0 aliphatic carbocycles. The van der Waals surface area contributed by atoms with E-state index < -0.39 is 46.4 Å². The molecule has 0 unspecified atom stereocenters.